The van der Waals surface area contributed by atoms with Crippen molar-refractivity contribution in [2.24, 2.45) is 7.05 Å². The standard InChI is InChI=1S/C32H29N5O5S/c1-21-15-17-25(18-16-21)35-43(41,42)28-14-8-10-24(20-28)30(38)33-26-11-7-9-23(19-26)31(39)34-29-22(2)36(3)37(32(29)40)27-12-5-4-6-13-27/h4-20,35H,1-3H3,(H,33,38)(H,34,39). The maximum atomic E-state index is 13.2. The van der Waals surface area contributed by atoms with Crippen LogP contribution in [0.25, 0.3) is 5.69 Å². The summed E-state index contributed by atoms with van der Waals surface area (Å²) in [6, 6.07) is 27.8. The van der Waals surface area contributed by atoms with Gasteiger partial charge in [0.1, 0.15) is 5.69 Å². The molecule has 43 heavy (non-hydrogen) atoms. The van der Waals surface area contributed by atoms with Crippen molar-refractivity contribution in [3.63, 3.8) is 0 Å². The Bertz CT molecular complexity index is 2000. The molecule has 0 radical (unpaired) electrons. The Balaban J connectivity index is 1.32. The largest absolute Gasteiger partial charge is 0.322 e. The molecule has 0 atom stereocenters. The van der Waals surface area contributed by atoms with E-state index in [0.717, 1.165) is 5.56 Å². The van der Waals surface area contributed by atoms with Crippen molar-refractivity contribution in [3.05, 3.63) is 136 Å². The summed E-state index contributed by atoms with van der Waals surface area (Å²) in [6.45, 7) is 3.63. The van der Waals surface area contributed by atoms with Crippen LogP contribution < -0.4 is 20.9 Å². The summed E-state index contributed by atoms with van der Waals surface area (Å²) in [7, 11) is -2.21. The molecule has 0 aliphatic carbocycles. The van der Waals surface area contributed by atoms with Crippen molar-refractivity contribution >= 4 is 38.9 Å². The number of sulfonamides is 1. The SMILES string of the molecule is Cc1ccc(NS(=O)(=O)c2cccc(C(=O)Nc3cccc(C(=O)Nc4c(C)n(C)n(-c5ccccc5)c4=O)c3)c2)cc1. The van der Waals surface area contributed by atoms with Gasteiger partial charge < -0.3 is 10.6 Å². The first-order valence-corrected chi connectivity index (χ1v) is 14.8. The van der Waals surface area contributed by atoms with Crippen molar-refractivity contribution in [1.82, 2.24) is 9.36 Å². The van der Waals surface area contributed by atoms with Crippen LogP contribution in [0.15, 0.2) is 113 Å². The number of carbonyl (C=O) groups excluding carboxylic acids is 2. The van der Waals surface area contributed by atoms with E-state index in [0.29, 0.717) is 22.8 Å². The number of nitrogens with one attached hydrogen (secondary N) is 3. The molecule has 5 aromatic rings. The van der Waals surface area contributed by atoms with Crippen LogP contribution in [-0.4, -0.2) is 29.6 Å². The molecule has 0 aliphatic heterocycles. The molecule has 0 bridgehead atoms. The van der Waals surface area contributed by atoms with Crippen LogP contribution in [0.3, 0.4) is 0 Å². The minimum atomic E-state index is -3.94. The fraction of sp³-hybridized carbons (Fsp3) is 0.0938. The van der Waals surface area contributed by atoms with Crippen LogP contribution in [0.1, 0.15) is 32.0 Å². The first-order chi connectivity index (χ1) is 20.5. The average molecular weight is 596 g/mol. The molecule has 10 nitrogen and oxygen atoms in total. The highest BCUT2D eigenvalue weighted by Gasteiger charge is 2.20. The van der Waals surface area contributed by atoms with Gasteiger partial charge in [0, 0.05) is 29.5 Å². The van der Waals surface area contributed by atoms with Gasteiger partial charge >= 0.3 is 0 Å². The summed E-state index contributed by atoms with van der Waals surface area (Å²) >= 11 is 0. The zero-order valence-corrected chi connectivity index (χ0v) is 24.5. The van der Waals surface area contributed by atoms with Crippen molar-refractivity contribution in [2.75, 3.05) is 15.4 Å². The van der Waals surface area contributed by atoms with Gasteiger partial charge in [0.05, 0.1) is 16.3 Å². The van der Waals surface area contributed by atoms with Crippen LogP contribution in [-0.2, 0) is 17.1 Å². The fourth-order valence-corrected chi connectivity index (χ4v) is 5.58. The lowest BCUT2D eigenvalue weighted by molar-refractivity contribution is 0.101. The molecular formula is C32H29N5O5S. The highest BCUT2D eigenvalue weighted by atomic mass is 32.2. The van der Waals surface area contributed by atoms with E-state index in [2.05, 4.69) is 15.4 Å². The number of nitrogens with zero attached hydrogens (tertiary/aromatic N) is 2. The molecule has 1 heterocycles. The lowest BCUT2D eigenvalue weighted by Crippen LogP contribution is -2.23. The van der Waals surface area contributed by atoms with Crippen LogP contribution in [0.4, 0.5) is 17.1 Å². The number of hydrogen-bond donors (Lipinski definition) is 3. The molecule has 2 amide bonds. The monoisotopic (exact) mass is 595 g/mol. The number of anilines is 3. The summed E-state index contributed by atoms with van der Waals surface area (Å²) in [5.41, 5.74) is 3.02. The Morgan fingerprint density at radius 3 is 2.02 bits per heavy atom. The first-order valence-electron chi connectivity index (χ1n) is 13.3. The molecule has 4 aromatic carbocycles. The molecule has 11 heteroatoms. The molecule has 5 rings (SSSR count). The van der Waals surface area contributed by atoms with Gasteiger partial charge in [0.25, 0.3) is 27.4 Å². The first kappa shape index (κ1) is 29.1. The Hall–Kier alpha value is -5.42. The number of amides is 2. The molecule has 218 valence electrons. The van der Waals surface area contributed by atoms with Gasteiger partial charge in [-0.05, 0) is 74.5 Å². The van der Waals surface area contributed by atoms with E-state index in [1.807, 2.05) is 25.1 Å². The van der Waals surface area contributed by atoms with Gasteiger partial charge in [-0.2, -0.15) is 0 Å². The van der Waals surface area contributed by atoms with Gasteiger partial charge in [-0.1, -0.05) is 48.0 Å². The predicted octanol–water partition coefficient (Wildman–Crippen LogP) is 5.10. The average Bonchev–Trinajstić information content (AvgIpc) is 3.21. The third-order valence-electron chi connectivity index (χ3n) is 6.89. The third-order valence-corrected chi connectivity index (χ3v) is 8.26. The zero-order chi connectivity index (χ0) is 30.7. The summed E-state index contributed by atoms with van der Waals surface area (Å²) in [4.78, 5) is 39.3. The number of carbonyl (C=O) groups is 2. The maximum Gasteiger partial charge on any atom is 0.295 e. The maximum absolute atomic E-state index is 13.2. The minimum Gasteiger partial charge on any atom is -0.322 e. The van der Waals surface area contributed by atoms with E-state index in [1.54, 1.807) is 73.3 Å². The molecule has 3 N–H and O–H groups in total. The van der Waals surface area contributed by atoms with Crippen LogP contribution >= 0.6 is 0 Å². The summed E-state index contributed by atoms with van der Waals surface area (Å²) in [6.07, 6.45) is 0. The molecular weight excluding hydrogens is 566 g/mol. The number of aryl methyl sites for hydroxylation is 1. The van der Waals surface area contributed by atoms with E-state index < -0.39 is 21.8 Å². The molecule has 0 spiro atoms. The van der Waals surface area contributed by atoms with E-state index in [1.165, 1.54) is 35.0 Å². The van der Waals surface area contributed by atoms with Crippen LogP contribution in [0.5, 0.6) is 0 Å². The molecule has 0 saturated heterocycles. The second-order valence-electron chi connectivity index (χ2n) is 9.92. The number of hydrogen-bond acceptors (Lipinski definition) is 5. The highest BCUT2D eigenvalue weighted by molar-refractivity contribution is 7.92. The Labute approximate surface area is 248 Å². The lowest BCUT2D eigenvalue weighted by atomic mass is 10.1. The highest BCUT2D eigenvalue weighted by Crippen LogP contribution is 2.20. The van der Waals surface area contributed by atoms with Crippen molar-refractivity contribution < 1.29 is 18.0 Å². The van der Waals surface area contributed by atoms with E-state index in [4.69, 9.17) is 0 Å². The number of aromatic nitrogens is 2. The third kappa shape index (κ3) is 6.26. The van der Waals surface area contributed by atoms with Gasteiger partial charge in [-0.15, -0.1) is 0 Å². The molecule has 0 unspecified atom stereocenters. The summed E-state index contributed by atoms with van der Waals surface area (Å²) in [5, 5.41) is 5.41. The summed E-state index contributed by atoms with van der Waals surface area (Å²) in [5.74, 6) is -1.09. The fourth-order valence-electron chi connectivity index (χ4n) is 4.48. The van der Waals surface area contributed by atoms with E-state index in [-0.39, 0.29) is 27.3 Å². The van der Waals surface area contributed by atoms with Crippen molar-refractivity contribution in [1.29, 1.82) is 0 Å². The molecule has 0 aliphatic rings. The van der Waals surface area contributed by atoms with E-state index >= 15 is 0 Å². The predicted molar refractivity (Wildman–Crippen MR) is 167 cm³/mol. The smallest absolute Gasteiger partial charge is 0.295 e. The quantitative estimate of drug-likeness (QED) is 0.230. The summed E-state index contributed by atoms with van der Waals surface area (Å²) < 4.78 is 31.5. The Morgan fingerprint density at radius 1 is 0.698 bits per heavy atom. The van der Waals surface area contributed by atoms with Crippen molar-refractivity contribution in [2.45, 2.75) is 18.7 Å². The number of rotatable bonds is 8. The topological polar surface area (TPSA) is 131 Å². The van der Waals surface area contributed by atoms with Gasteiger partial charge in [0.2, 0.25) is 0 Å². The Kier molecular flexibility index (Phi) is 8.00. The normalized spacial score (nSPS) is 11.1. The second kappa shape index (κ2) is 11.8. The zero-order valence-electron chi connectivity index (χ0n) is 23.7. The van der Waals surface area contributed by atoms with Gasteiger partial charge in [-0.3, -0.25) is 23.8 Å². The Morgan fingerprint density at radius 2 is 1.33 bits per heavy atom. The second-order valence-corrected chi connectivity index (χ2v) is 11.6. The van der Waals surface area contributed by atoms with Crippen molar-refractivity contribution in [3.8, 4) is 5.69 Å². The van der Waals surface area contributed by atoms with Gasteiger partial charge in [0.15, 0.2) is 0 Å². The lowest BCUT2D eigenvalue weighted by Gasteiger charge is -2.11. The van der Waals surface area contributed by atoms with Gasteiger partial charge in [-0.25, -0.2) is 13.1 Å². The minimum absolute atomic E-state index is 0.0757. The van der Waals surface area contributed by atoms with E-state index in [9.17, 15) is 22.8 Å². The molecule has 0 fully saturated rings. The molecule has 0 saturated carbocycles. The number of benzene rings is 4. The molecule has 1 aromatic heterocycles. The van der Waals surface area contributed by atoms with Crippen LogP contribution in [0.2, 0.25) is 0 Å². The van der Waals surface area contributed by atoms with Crippen LogP contribution in [0, 0.1) is 13.8 Å². The number of para-hydroxylation sites is 1.